The lowest BCUT2D eigenvalue weighted by Crippen LogP contribution is -2.19. The Hall–Kier alpha value is -5.66. The molecular weight excluding hydrogens is 577 g/mol. The van der Waals surface area contributed by atoms with Crippen LogP contribution in [0.25, 0.3) is 0 Å². The van der Waals surface area contributed by atoms with Gasteiger partial charge in [0.05, 0.1) is 11.8 Å². The maximum atomic E-state index is 3.63. The van der Waals surface area contributed by atoms with Crippen LogP contribution in [0.2, 0.25) is 0 Å². The largest absolute Gasteiger partial charge is 0.0891 e. The Labute approximate surface area is 288 Å². The predicted molar refractivity (Wildman–Crippen MR) is 202 cm³/mol. The van der Waals surface area contributed by atoms with Crippen molar-refractivity contribution in [1.82, 2.24) is 0 Å². The maximum absolute atomic E-state index is 3.63. The van der Waals surface area contributed by atoms with Crippen LogP contribution >= 0.6 is 0 Å². The van der Waals surface area contributed by atoms with Crippen molar-refractivity contribution in [3.63, 3.8) is 0 Å². The van der Waals surface area contributed by atoms with Crippen molar-refractivity contribution in [3.05, 3.63) is 178 Å². The van der Waals surface area contributed by atoms with E-state index in [2.05, 4.69) is 125 Å². The topological polar surface area (TPSA) is 0 Å². The first-order valence-corrected chi connectivity index (χ1v) is 16.5. The Morgan fingerprint density at radius 3 is 0.938 bits per heavy atom. The first kappa shape index (κ1) is 33.7. The summed E-state index contributed by atoms with van der Waals surface area (Å²) in [6.07, 6.45) is 0. The van der Waals surface area contributed by atoms with Crippen LogP contribution in [0.3, 0.4) is 0 Å². The van der Waals surface area contributed by atoms with Gasteiger partial charge in [-0.1, -0.05) is 174 Å². The average Bonchev–Trinajstić information content (AvgIpc) is 3.08. The Kier molecular flexibility index (Phi) is 10.7. The van der Waals surface area contributed by atoms with Crippen LogP contribution in [0.15, 0.2) is 133 Å². The molecule has 0 amide bonds. The molecule has 5 aromatic rings. The molecule has 5 aromatic carbocycles. The van der Waals surface area contributed by atoms with Gasteiger partial charge in [0, 0.05) is 33.4 Å². The van der Waals surface area contributed by atoms with Crippen molar-refractivity contribution in [1.29, 1.82) is 0 Å². The van der Waals surface area contributed by atoms with Gasteiger partial charge in [-0.3, -0.25) is 0 Å². The zero-order valence-electron chi connectivity index (χ0n) is 28.9. The monoisotopic (exact) mass is 618 g/mol. The summed E-state index contributed by atoms with van der Waals surface area (Å²) in [4.78, 5) is 0. The van der Waals surface area contributed by atoms with Crippen molar-refractivity contribution in [3.8, 4) is 47.4 Å². The van der Waals surface area contributed by atoms with E-state index >= 15 is 0 Å². The second-order valence-electron chi connectivity index (χ2n) is 14.1. The molecule has 0 radical (unpaired) electrons. The van der Waals surface area contributed by atoms with E-state index in [0.717, 1.165) is 33.4 Å². The van der Waals surface area contributed by atoms with E-state index in [-0.39, 0.29) is 22.7 Å². The summed E-state index contributed by atoms with van der Waals surface area (Å²) in [6, 6.07) is 45.4. The van der Waals surface area contributed by atoms with Gasteiger partial charge in [0.15, 0.2) is 0 Å². The van der Waals surface area contributed by atoms with Gasteiger partial charge in [-0.05, 0) is 70.5 Å². The van der Waals surface area contributed by atoms with E-state index in [0.29, 0.717) is 0 Å². The minimum atomic E-state index is -0.0626. The lowest BCUT2D eigenvalue weighted by molar-refractivity contribution is 0.371. The fourth-order valence-electron chi connectivity index (χ4n) is 5.50. The molecule has 0 N–H and O–H groups in total. The van der Waals surface area contributed by atoms with Crippen LogP contribution in [0, 0.1) is 58.2 Å². The summed E-state index contributed by atoms with van der Waals surface area (Å²) < 4.78 is 0. The Bertz CT molecular complexity index is 1930. The van der Waals surface area contributed by atoms with Crippen molar-refractivity contribution < 1.29 is 0 Å². The number of benzene rings is 5. The van der Waals surface area contributed by atoms with Gasteiger partial charge >= 0.3 is 0 Å². The standard InChI is InChI=1S/C48H42/c1-47(2,3)45(35-33-41-23-15-13-21-39(41)27-25-37-17-9-7-10-18-37)43-29-31-44(32-30-43)46(48(4,5)6)36-34-42-24-16-14-22-40(42)28-26-38-19-11-8-12-20-38/h7-24,29-32,45-46H,1-6H3. The van der Waals surface area contributed by atoms with E-state index in [1.165, 1.54) is 11.1 Å². The third kappa shape index (κ3) is 9.21. The van der Waals surface area contributed by atoms with Crippen molar-refractivity contribution >= 4 is 0 Å². The van der Waals surface area contributed by atoms with Crippen molar-refractivity contribution in [2.24, 2.45) is 10.8 Å². The summed E-state index contributed by atoms with van der Waals surface area (Å²) in [7, 11) is 0. The van der Waals surface area contributed by atoms with Crippen LogP contribution in [0.5, 0.6) is 0 Å². The highest BCUT2D eigenvalue weighted by Crippen LogP contribution is 2.38. The highest BCUT2D eigenvalue weighted by molar-refractivity contribution is 5.55. The van der Waals surface area contributed by atoms with Gasteiger partial charge in [-0.15, -0.1) is 0 Å². The first-order valence-electron chi connectivity index (χ1n) is 16.5. The van der Waals surface area contributed by atoms with E-state index in [9.17, 15) is 0 Å². The molecular formula is C48H42. The molecule has 2 unspecified atom stereocenters. The molecule has 0 aromatic heterocycles. The Morgan fingerprint density at radius 1 is 0.333 bits per heavy atom. The highest BCUT2D eigenvalue weighted by Gasteiger charge is 2.27. The van der Waals surface area contributed by atoms with Gasteiger partial charge in [-0.2, -0.15) is 0 Å². The molecule has 0 heterocycles. The Balaban J connectivity index is 1.43. The summed E-state index contributed by atoms with van der Waals surface area (Å²) in [5.74, 6) is 27.6. The smallest absolute Gasteiger partial charge is 0.0504 e. The SMILES string of the molecule is CC(C)(C)C(C#Cc1ccccc1C#Cc1ccccc1)c1ccc(C(C#Cc2ccccc2C#Cc2ccccc2)C(C)(C)C)cc1. The zero-order valence-corrected chi connectivity index (χ0v) is 28.9. The molecule has 48 heavy (non-hydrogen) atoms. The third-order valence-electron chi connectivity index (χ3n) is 8.12. The molecule has 0 saturated carbocycles. The van der Waals surface area contributed by atoms with Gasteiger partial charge in [0.25, 0.3) is 0 Å². The van der Waals surface area contributed by atoms with Crippen LogP contribution < -0.4 is 0 Å². The van der Waals surface area contributed by atoms with Crippen LogP contribution in [0.4, 0.5) is 0 Å². The van der Waals surface area contributed by atoms with Crippen LogP contribution in [-0.2, 0) is 0 Å². The Morgan fingerprint density at radius 2 is 0.625 bits per heavy atom. The second-order valence-corrected chi connectivity index (χ2v) is 14.1. The summed E-state index contributed by atoms with van der Waals surface area (Å²) in [5.41, 5.74) is 8.04. The van der Waals surface area contributed by atoms with Crippen molar-refractivity contribution in [2.75, 3.05) is 0 Å². The summed E-state index contributed by atoms with van der Waals surface area (Å²) >= 11 is 0. The van der Waals surface area contributed by atoms with Gasteiger partial charge < -0.3 is 0 Å². The molecule has 0 saturated heterocycles. The molecule has 0 heteroatoms. The number of hydrogen-bond acceptors (Lipinski definition) is 0. The minimum Gasteiger partial charge on any atom is -0.0891 e. The minimum absolute atomic E-state index is 0.0379. The molecule has 0 aliphatic heterocycles. The summed E-state index contributed by atoms with van der Waals surface area (Å²) in [5, 5.41) is 0. The van der Waals surface area contributed by atoms with E-state index in [4.69, 9.17) is 0 Å². The lowest BCUT2D eigenvalue weighted by Gasteiger charge is -2.29. The number of hydrogen-bond donors (Lipinski definition) is 0. The molecule has 0 spiro atoms. The maximum Gasteiger partial charge on any atom is 0.0504 e. The fourth-order valence-corrected chi connectivity index (χ4v) is 5.50. The van der Waals surface area contributed by atoms with E-state index < -0.39 is 0 Å². The molecule has 234 valence electrons. The lowest BCUT2D eigenvalue weighted by atomic mass is 9.74. The molecule has 0 aliphatic carbocycles. The molecule has 2 atom stereocenters. The molecule has 0 aliphatic rings. The molecule has 5 rings (SSSR count). The van der Waals surface area contributed by atoms with Gasteiger partial charge in [0.2, 0.25) is 0 Å². The summed E-state index contributed by atoms with van der Waals surface area (Å²) in [6.45, 7) is 13.5. The third-order valence-corrected chi connectivity index (χ3v) is 8.12. The van der Waals surface area contributed by atoms with Crippen LogP contribution in [-0.4, -0.2) is 0 Å². The normalized spacial score (nSPS) is 12.0. The van der Waals surface area contributed by atoms with E-state index in [1.807, 2.05) is 97.1 Å². The number of rotatable bonds is 2. The first-order chi connectivity index (χ1) is 23.1. The van der Waals surface area contributed by atoms with Crippen molar-refractivity contribution in [2.45, 2.75) is 53.4 Å². The second kappa shape index (κ2) is 15.3. The van der Waals surface area contributed by atoms with Crippen LogP contribution in [0.1, 0.15) is 97.9 Å². The molecule has 0 fully saturated rings. The molecule has 0 nitrogen and oxygen atoms in total. The average molecular weight is 619 g/mol. The molecule has 0 bridgehead atoms. The van der Waals surface area contributed by atoms with E-state index in [1.54, 1.807) is 0 Å². The quantitative estimate of drug-likeness (QED) is 0.173. The van der Waals surface area contributed by atoms with Gasteiger partial charge in [0.1, 0.15) is 0 Å². The zero-order chi connectivity index (χ0) is 34.0. The van der Waals surface area contributed by atoms with Gasteiger partial charge in [-0.25, -0.2) is 0 Å². The fraction of sp³-hybridized carbons (Fsp3) is 0.208. The highest BCUT2D eigenvalue weighted by atomic mass is 14.3. The predicted octanol–water partition coefficient (Wildman–Crippen LogP) is 10.8.